The number of hydrogen-bond donors (Lipinski definition) is 0. The van der Waals surface area contributed by atoms with Gasteiger partial charge in [0, 0.05) is 42.3 Å². The van der Waals surface area contributed by atoms with E-state index >= 15 is 0 Å². The highest BCUT2D eigenvalue weighted by Crippen LogP contribution is 2.43. The molecule has 0 atom stereocenters. The molecule has 34 heavy (non-hydrogen) atoms. The average molecular weight is 484 g/mol. The van der Waals surface area contributed by atoms with Gasteiger partial charge in [-0.3, -0.25) is 4.99 Å². The SMILES string of the molecule is C=C=Nc1cc2oc3cc(=NCC)c(C)cc-3c(-c3ccccc3C(=O)OCC)c2cc1C.[Cl-].[HH].[HH].[HH].[HH].[HH]. The lowest BCUT2D eigenvalue weighted by atomic mass is 9.89. The molecular weight excluding hydrogens is 448 g/mol. The number of nitrogens with zero attached hydrogens (tertiary/aromatic N) is 2. The average Bonchev–Trinajstić information content (AvgIpc) is 2.80. The van der Waals surface area contributed by atoms with E-state index < -0.39 is 0 Å². The summed E-state index contributed by atoms with van der Waals surface area (Å²) in [6, 6.07) is 15.5. The normalized spacial score (nSPS) is 11.2. The van der Waals surface area contributed by atoms with E-state index in [1.54, 1.807) is 13.0 Å². The van der Waals surface area contributed by atoms with E-state index in [-0.39, 0.29) is 25.5 Å². The van der Waals surface area contributed by atoms with Gasteiger partial charge in [-0.1, -0.05) is 18.2 Å². The van der Waals surface area contributed by atoms with Gasteiger partial charge in [-0.15, -0.1) is 0 Å². The van der Waals surface area contributed by atoms with Crippen molar-refractivity contribution >= 4 is 28.5 Å². The van der Waals surface area contributed by atoms with Gasteiger partial charge in [0.2, 0.25) is 0 Å². The van der Waals surface area contributed by atoms with Gasteiger partial charge in [0.15, 0.2) is 0 Å². The molecule has 184 valence electrons. The number of halogens is 1. The van der Waals surface area contributed by atoms with Crippen molar-refractivity contribution in [1.29, 1.82) is 0 Å². The summed E-state index contributed by atoms with van der Waals surface area (Å²) in [6.45, 7) is 12.4. The predicted molar refractivity (Wildman–Crippen MR) is 143 cm³/mol. The molecule has 1 aliphatic carbocycles. The zero-order valence-corrected chi connectivity index (χ0v) is 20.5. The molecule has 2 aromatic rings. The van der Waals surface area contributed by atoms with E-state index in [1.165, 1.54) is 0 Å². The minimum Gasteiger partial charge on any atom is -1.00 e. The Bertz CT molecular complexity index is 1480. The Balaban J connectivity index is -0.00000216. The monoisotopic (exact) mass is 483 g/mol. The van der Waals surface area contributed by atoms with Crippen molar-refractivity contribution in [3.05, 3.63) is 77.2 Å². The van der Waals surface area contributed by atoms with Gasteiger partial charge in [0.1, 0.15) is 11.3 Å². The van der Waals surface area contributed by atoms with Crippen molar-refractivity contribution in [2.75, 3.05) is 13.2 Å². The highest BCUT2D eigenvalue weighted by atomic mass is 35.5. The molecule has 1 heterocycles. The number of carbonyl (C=O) groups is 1. The molecule has 0 aromatic heterocycles. The third kappa shape index (κ3) is 4.54. The molecule has 0 saturated heterocycles. The zero-order valence-electron chi connectivity index (χ0n) is 19.7. The Morgan fingerprint density at radius 2 is 1.85 bits per heavy atom. The summed E-state index contributed by atoms with van der Waals surface area (Å²) in [6.07, 6.45) is 0. The van der Waals surface area contributed by atoms with Gasteiger partial charge in [-0.05, 0) is 75.0 Å². The van der Waals surface area contributed by atoms with Crippen molar-refractivity contribution in [2.24, 2.45) is 9.98 Å². The molecule has 0 radical (unpaired) electrons. The van der Waals surface area contributed by atoms with Crippen LogP contribution >= 0.6 is 0 Å². The first-order chi connectivity index (χ1) is 16.0. The number of fused-ring (bicyclic) bond motifs is 2. The molecule has 0 fully saturated rings. The number of aryl methyl sites for hydroxylation is 2. The molecule has 2 aromatic carbocycles. The maximum absolute atomic E-state index is 12.8. The van der Waals surface area contributed by atoms with E-state index in [1.807, 2.05) is 57.2 Å². The third-order valence-electron chi connectivity index (χ3n) is 5.57. The number of hydrogen-bond acceptors (Lipinski definition) is 5. The van der Waals surface area contributed by atoms with Crippen LogP contribution in [0.2, 0.25) is 0 Å². The second-order valence-corrected chi connectivity index (χ2v) is 7.76. The van der Waals surface area contributed by atoms with Crippen LogP contribution in [0.3, 0.4) is 0 Å². The summed E-state index contributed by atoms with van der Waals surface area (Å²) >= 11 is 0. The molecule has 0 unspecified atom stereocenters. The lowest BCUT2D eigenvalue weighted by Crippen LogP contribution is -3.00. The zero-order chi connectivity index (χ0) is 23.5. The lowest BCUT2D eigenvalue weighted by Gasteiger charge is -2.19. The summed E-state index contributed by atoms with van der Waals surface area (Å²) < 4.78 is 11.7. The largest absolute Gasteiger partial charge is 1.00 e. The van der Waals surface area contributed by atoms with E-state index in [2.05, 4.69) is 28.5 Å². The lowest BCUT2D eigenvalue weighted by molar-refractivity contribution is -0.0000253. The molecule has 4 rings (SSSR count). The Morgan fingerprint density at radius 1 is 1.09 bits per heavy atom. The first kappa shape index (κ1) is 25.0. The summed E-state index contributed by atoms with van der Waals surface area (Å²) in [5.74, 6) is 2.94. The maximum Gasteiger partial charge on any atom is 0.338 e. The van der Waals surface area contributed by atoms with Gasteiger partial charge in [0.25, 0.3) is 0 Å². The van der Waals surface area contributed by atoms with Gasteiger partial charge >= 0.3 is 5.97 Å². The molecule has 0 bridgehead atoms. The molecule has 0 saturated carbocycles. The van der Waals surface area contributed by atoms with E-state index in [9.17, 15) is 4.79 Å². The minimum atomic E-state index is -0.353. The fraction of sp³-hybridized carbons (Fsp3) is 0.214. The number of ether oxygens (including phenoxy) is 1. The van der Waals surface area contributed by atoms with Crippen LogP contribution in [-0.2, 0) is 4.74 Å². The number of benzene rings is 3. The van der Waals surface area contributed by atoms with Crippen LogP contribution < -0.4 is 17.8 Å². The van der Waals surface area contributed by atoms with Gasteiger partial charge in [-0.2, -0.15) is 0 Å². The standard InChI is InChI=1S/C28H26N2O3.ClH.5H2/c1-6-29-23-15-25-21(13-17(23)4)27(19-11-9-10-12-20(19)28(31)32-8-3)22-14-18(5)24(30-7-2)16-26(22)33-25;;;;;;/h9-16H,1,7-8H2,2-5H3;6*1H/p-1. The van der Waals surface area contributed by atoms with Crippen LogP contribution in [-0.4, -0.2) is 25.0 Å². The number of carbonyl (C=O) groups excluding carboxylic acids is 1. The van der Waals surface area contributed by atoms with Gasteiger partial charge < -0.3 is 21.6 Å². The number of esters is 1. The van der Waals surface area contributed by atoms with Crippen LogP contribution in [0.1, 0.15) is 42.5 Å². The van der Waals surface area contributed by atoms with E-state index in [0.717, 1.165) is 44.2 Å². The summed E-state index contributed by atoms with van der Waals surface area (Å²) in [4.78, 5) is 21.7. The Hall–Kier alpha value is -3.66. The molecule has 6 heteroatoms. The quantitative estimate of drug-likeness (QED) is 0.236. The fourth-order valence-electron chi connectivity index (χ4n) is 4.10. The first-order valence-corrected chi connectivity index (χ1v) is 11.0. The van der Waals surface area contributed by atoms with Crippen molar-refractivity contribution < 1.29 is 33.5 Å². The third-order valence-corrected chi connectivity index (χ3v) is 5.57. The van der Waals surface area contributed by atoms with E-state index in [4.69, 9.17) is 9.15 Å². The van der Waals surface area contributed by atoms with Crippen LogP contribution in [0.25, 0.3) is 33.4 Å². The van der Waals surface area contributed by atoms with Crippen molar-refractivity contribution in [3.63, 3.8) is 0 Å². The molecular formula is C28H36ClN2O3-. The van der Waals surface area contributed by atoms with Gasteiger partial charge in [-0.25, -0.2) is 9.79 Å². The highest BCUT2D eigenvalue weighted by molar-refractivity contribution is 6.08. The summed E-state index contributed by atoms with van der Waals surface area (Å²) in [7, 11) is 0. The Kier molecular flexibility index (Phi) is 7.72. The topological polar surface area (TPSA) is 64.2 Å². The van der Waals surface area contributed by atoms with Crippen LogP contribution in [0.15, 0.2) is 69.5 Å². The summed E-state index contributed by atoms with van der Waals surface area (Å²) in [5.41, 5.74) is 6.51. The van der Waals surface area contributed by atoms with Crippen molar-refractivity contribution in [3.8, 4) is 22.5 Å². The number of aliphatic imine (C=N–C) groups is 1. The fourth-order valence-corrected chi connectivity index (χ4v) is 4.10. The van der Waals surface area contributed by atoms with E-state index in [0.29, 0.717) is 30.1 Å². The van der Waals surface area contributed by atoms with Crippen molar-refractivity contribution in [2.45, 2.75) is 27.7 Å². The predicted octanol–water partition coefficient (Wildman–Crippen LogP) is 4.64. The molecule has 0 spiro atoms. The molecule has 0 N–H and O–H groups in total. The minimum absolute atomic E-state index is 0. The molecule has 2 aliphatic rings. The summed E-state index contributed by atoms with van der Waals surface area (Å²) in [5, 5.41) is 1.77. The van der Waals surface area contributed by atoms with Crippen LogP contribution in [0.5, 0.6) is 0 Å². The smallest absolute Gasteiger partial charge is 0.338 e. The van der Waals surface area contributed by atoms with Crippen molar-refractivity contribution in [1.82, 2.24) is 0 Å². The van der Waals surface area contributed by atoms with Gasteiger partial charge in [0.05, 0.1) is 23.2 Å². The highest BCUT2D eigenvalue weighted by Gasteiger charge is 2.23. The Labute approximate surface area is 212 Å². The molecule has 5 nitrogen and oxygen atoms in total. The number of rotatable bonds is 5. The van der Waals surface area contributed by atoms with Crippen LogP contribution in [0.4, 0.5) is 5.69 Å². The first-order valence-electron chi connectivity index (χ1n) is 11.0. The van der Waals surface area contributed by atoms with Crippen LogP contribution in [0, 0.1) is 13.8 Å². The second kappa shape index (κ2) is 10.5. The molecule has 0 amide bonds. The molecule has 1 aliphatic heterocycles. The Morgan fingerprint density at radius 3 is 2.56 bits per heavy atom. The second-order valence-electron chi connectivity index (χ2n) is 7.76. The maximum atomic E-state index is 12.8.